The van der Waals surface area contributed by atoms with Crippen LogP contribution >= 0.6 is 15.9 Å². The topological polar surface area (TPSA) is 20.3 Å². The first-order valence-corrected chi connectivity index (χ1v) is 7.97. The highest BCUT2D eigenvalue weighted by Gasteiger charge is 2.52. The first kappa shape index (κ1) is 14.3. The number of hydrogen-bond donors (Lipinski definition) is 0. The summed E-state index contributed by atoms with van der Waals surface area (Å²) in [6, 6.07) is 18.2. The van der Waals surface area contributed by atoms with Gasteiger partial charge in [-0.1, -0.05) is 64.5 Å². The highest BCUT2D eigenvalue weighted by atomic mass is 79.9. The normalized spacial score (nSPS) is 15.5. The molecule has 0 unspecified atom stereocenters. The number of rotatable bonds is 4. The quantitative estimate of drug-likeness (QED) is 0.816. The van der Waals surface area contributed by atoms with Gasteiger partial charge in [0.25, 0.3) is 0 Å². The Morgan fingerprint density at radius 2 is 1.71 bits per heavy atom. The maximum absolute atomic E-state index is 12.9. The first-order chi connectivity index (χ1) is 10.1. The first-order valence-electron chi connectivity index (χ1n) is 7.18. The largest absolute Gasteiger partial charge is 0.341 e. The monoisotopic (exact) mass is 343 g/mol. The Balaban J connectivity index is 1.78. The lowest BCUT2D eigenvalue weighted by molar-refractivity contribution is -0.133. The molecule has 108 valence electrons. The zero-order valence-corrected chi connectivity index (χ0v) is 13.6. The van der Waals surface area contributed by atoms with Crippen LogP contribution in [0.2, 0.25) is 0 Å². The van der Waals surface area contributed by atoms with E-state index in [0.29, 0.717) is 6.54 Å². The summed E-state index contributed by atoms with van der Waals surface area (Å²) < 4.78 is 1.05. The van der Waals surface area contributed by atoms with Gasteiger partial charge < -0.3 is 4.90 Å². The average Bonchev–Trinajstić information content (AvgIpc) is 3.31. The van der Waals surface area contributed by atoms with E-state index in [4.69, 9.17) is 0 Å². The molecule has 3 heteroatoms. The standard InChI is InChI=1S/C18H18BrNO/c1-20(13-14-7-5-6-10-16(14)19)17(21)18(11-12-18)15-8-3-2-4-9-15/h2-10H,11-13H2,1H3. The van der Waals surface area contributed by atoms with E-state index in [1.807, 2.05) is 48.3 Å². The van der Waals surface area contributed by atoms with Gasteiger partial charge >= 0.3 is 0 Å². The summed E-state index contributed by atoms with van der Waals surface area (Å²) in [5.74, 6) is 0.226. The molecule has 1 saturated carbocycles. The van der Waals surface area contributed by atoms with Crippen molar-refractivity contribution in [2.45, 2.75) is 24.8 Å². The van der Waals surface area contributed by atoms with Crippen molar-refractivity contribution in [3.8, 4) is 0 Å². The van der Waals surface area contributed by atoms with Crippen molar-refractivity contribution in [1.82, 2.24) is 4.90 Å². The average molecular weight is 344 g/mol. The molecule has 1 aliphatic rings. The van der Waals surface area contributed by atoms with Crippen LogP contribution in [0.4, 0.5) is 0 Å². The van der Waals surface area contributed by atoms with Crippen LogP contribution in [0.1, 0.15) is 24.0 Å². The van der Waals surface area contributed by atoms with Crippen molar-refractivity contribution in [3.05, 3.63) is 70.2 Å². The fourth-order valence-electron chi connectivity index (χ4n) is 2.83. The third kappa shape index (κ3) is 2.75. The van der Waals surface area contributed by atoms with Gasteiger partial charge in [-0.25, -0.2) is 0 Å². The van der Waals surface area contributed by atoms with Gasteiger partial charge in [0.05, 0.1) is 5.41 Å². The highest BCUT2D eigenvalue weighted by molar-refractivity contribution is 9.10. The van der Waals surface area contributed by atoms with Crippen LogP contribution in [0.25, 0.3) is 0 Å². The number of hydrogen-bond acceptors (Lipinski definition) is 1. The fraction of sp³-hybridized carbons (Fsp3) is 0.278. The molecule has 2 aromatic carbocycles. The number of carbonyl (C=O) groups excluding carboxylic acids is 1. The van der Waals surface area contributed by atoms with Gasteiger partial charge in [-0.15, -0.1) is 0 Å². The lowest BCUT2D eigenvalue weighted by Gasteiger charge is -2.24. The summed E-state index contributed by atoms with van der Waals surface area (Å²) in [5, 5.41) is 0. The van der Waals surface area contributed by atoms with E-state index in [9.17, 15) is 4.79 Å². The molecule has 2 aromatic rings. The zero-order valence-electron chi connectivity index (χ0n) is 12.1. The van der Waals surface area contributed by atoms with Crippen LogP contribution in [-0.2, 0) is 16.8 Å². The minimum absolute atomic E-state index is 0.226. The van der Waals surface area contributed by atoms with E-state index in [2.05, 4.69) is 34.1 Å². The molecule has 1 amide bonds. The minimum atomic E-state index is -0.280. The molecule has 1 fully saturated rings. The van der Waals surface area contributed by atoms with E-state index >= 15 is 0 Å². The van der Waals surface area contributed by atoms with Gasteiger partial charge in [0, 0.05) is 18.1 Å². The third-order valence-corrected chi connectivity index (χ3v) is 4.97. The molecule has 0 aromatic heterocycles. The van der Waals surface area contributed by atoms with Gasteiger partial charge in [-0.05, 0) is 30.0 Å². The fourth-order valence-corrected chi connectivity index (χ4v) is 3.24. The zero-order chi connectivity index (χ0) is 14.9. The lowest BCUT2D eigenvalue weighted by atomic mass is 9.94. The Bertz CT molecular complexity index is 649. The Labute approximate surface area is 133 Å². The maximum Gasteiger partial charge on any atom is 0.233 e. The summed E-state index contributed by atoms with van der Waals surface area (Å²) in [6.45, 7) is 0.634. The Morgan fingerprint density at radius 1 is 1.10 bits per heavy atom. The van der Waals surface area contributed by atoms with E-state index in [1.165, 1.54) is 0 Å². The molecule has 1 aliphatic carbocycles. The molecule has 0 bridgehead atoms. The van der Waals surface area contributed by atoms with Crippen molar-refractivity contribution < 1.29 is 4.79 Å². The molecule has 3 rings (SSSR count). The van der Waals surface area contributed by atoms with Gasteiger partial charge in [-0.3, -0.25) is 4.79 Å². The number of carbonyl (C=O) groups is 1. The van der Waals surface area contributed by atoms with Crippen molar-refractivity contribution in [3.63, 3.8) is 0 Å². The van der Waals surface area contributed by atoms with Crippen molar-refractivity contribution >= 4 is 21.8 Å². The molecule has 2 nitrogen and oxygen atoms in total. The number of likely N-dealkylation sites (N-methyl/N-ethyl adjacent to an activating group) is 1. The number of amides is 1. The summed E-state index contributed by atoms with van der Waals surface area (Å²) >= 11 is 3.55. The van der Waals surface area contributed by atoms with E-state index in [0.717, 1.165) is 28.4 Å². The SMILES string of the molecule is CN(Cc1ccccc1Br)C(=O)C1(c2ccccc2)CC1. The van der Waals surface area contributed by atoms with Gasteiger partial charge in [0.15, 0.2) is 0 Å². The summed E-state index contributed by atoms with van der Waals surface area (Å²) in [4.78, 5) is 14.7. The van der Waals surface area contributed by atoms with Crippen LogP contribution in [-0.4, -0.2) is 17.9 Å². The van der Waals surface area contributed by atoms with Crippen molar-refractivity contribution in [1.29, 1.82) is 0 Å². The number of benzene rings is 2. The molecule has 0 atom stereocenters. The molecule has 0 spiro atoms. The second-order valence-electron chi connectivity index (χ2n) is 5.70. The Morgan fingerprint density at radius 3 is 2.33 bits per heavy atom. The van der Waals surface area contributed by atoms with Gasteiger partial charge in [0.2, 0.25) is 5.91 Å². The lowest BCUT2D eigenvalue weighted by Crippen LogP contribution is -2.36. The summed E-state index contributed by atoms with van der Waals surface area (Å²) in [7, 11) is 1.89. The molecular formula is C18H18BrNO. The van der Waals surface area contributed by atoms with Crippen LogP contribution < -0.4 is 0 Å². The molecule has 21 heavy (non-hydrogen) atoms. The Hall–Kier alpha value is -1.61. The maximum atomic E-state index is 12.9. The molecular weight excluding hydrogens is 326 g/mol. The van der Waals surface area contributed by atoms with E-state index in [1.54, 1.807) is 0 Å². The second kappa shape index (κ2) is 5.64. The summed E-state index contributed by atoms with van der Waals surface area (Å²) in [5.41, 5.74) is 2.00. The minimum Gasteiger partial charge on any atom is -0.341 e. The van der Waals surface area contributed by atoms with Crippen LogP contribution in [0.5, 0.6) is 0 Å². The molecule has 0 radical (unpaired) electrons. The molecule has 0 saturated heterocycles. The predicted octanol–water partition coefficient (Wildman–Crippen LogP) is 4.14. The van der Waals surface area contributed by atoms with Gasteiger partial charge in [-0.2, -0.15) is 0 Å². The van der Waals surface area contributed by atoms with E-state index < -0.39 is 0 Å². The third-order valence-electron chi connectivity index (χ3n) is 4.20. The van der Waals surface area contributed by atoms with Crippen molar-refractivity contribution in [2.75, 3.05) is 7.05 Å². The number of nitrogens with zero attached hydrogens (tertiary/aromatic N) is 1. The molecule has 0 heterocycles. The predicted molar refractivity (Wildman–Crippen MR) is 88.0 cm³/mol. The second-order valence-corrected chi connectivity index (χ2v) is 6.56. The van der Waals surface area contributed by atoms with Crippen LogP contribution in [0.3, 0.4) is 0 Å². The van der Waals surface area contributed by atoms with Crippen LogP contribution in [0.15, 0.2) is 59.1 Å². The number of halogens is 1. The van der Waals surface area contributed by atoms with Crippen LogP contribution in [0, 0.1) is 0 Å². The smallest absolute Gasteiger partial charge is 0.233 e. The highest BCUT2D eigenvalue weighted by Crippen LogP contribution is 2.49. The Kier molecular flexibility index (Phi) is 3.85. The summed E-state index contributed by atoms with van der Waals surface area (Å²) in [6.07, 6.45) is 1.91. The van der Waals surface area contributed by atoms with E-state index in [-0.39, 0.29) is 11.3 Å². The van der Waals surface area contributed by atoms with Crippen molar-refractivity contribution in [2.24, 2.45) is 0 Å². The molecule has 0 N–H and O–H groups in total. The molecule has 0 aliphatic heterocycles. The van der Waals surface area contributed by atoms with Gasteiger partial charge in [0.1, 0.15) is 0 Å².